The third-order valence-corrected chi connectivity index (χ3v) is 3.82. The standard InChI is InChI=1S/C17H20ClNO6/c1-4-15-17(22)19(14-7-12(18)5-6-16(14)25-15)8-13(24-11(3)21)9-23-10(2)20/h5-7,13,15H,4,8-9H2,1-3H3. The SMILES string of the molecule is CCC1Oc2ccc(Cl)cc2N(CC(COC(C)=O)OC(C)=O)C1=O. The zero-order chi connectivity index (χ0) is 18.6. The van der Waals surface area contributed by atoms with Gasteiger partial charge in [0.1, 0.15) is 12.4 Å². The maximum atomic E-state index is 12.7. The average Bonchev–Trinajstić information content (AvgIpc) is 2.54. The molecule has 0 spiro atoms. The maximum absolute atomic E-state index is 12.7. The van der Waals surface area contributed by atoms with Gasteiger partial charge in [0.05, 0.1) is 12.2 Å². The molecule has 2 unspecified atom stereocenters. The number of halogens is 1. The van der Waals surface area contributed by atoms with E-state index in [9.17, 15) is 14.4 Å². The number of rotatable bonds is 6. The molecule has 0 radical (unpaired) electrons. The van der Waals surface area contributed by atoms with Crippen molar-refractivity contribution in [3.8, 4) is 5.75 Å². The molecule has 1 aromatic carbocycles. The minimum atomic E-state index is -0.798. The molecule has 1 heterocycles. The lowest BCUT2D eigenvalue weighted by Crippen LogP contribution is -2.50. The van der Waals surface area contributed by atoms with Crippen molar-refractivity contribution in [2.75, 3.05) is 18.1 Å². The molecule has 7 nitrogen and oxygen atoms in total. The van der Waals surface area contributed by atoms with E-state index in [4.69, 9.17) is 25.8 Å². The molecule has 0 saturated heterocycles. The fraction of sp³-hybridized carbons (Fsp3) is 0.471. The van der Waals surface area contributed by atoms with Crippen molar-refractivity contribution in [3.63, 3.8) is 0 Å². The summed E-state index contributed by atoms with van der Waals surface area (Å²) in [5.74, 6) is -0.779. The Kier molecular flexibility index (Phi) is 6.25. The highest BCUT2D eigenvalue weighted by atomic mass is 35.5. The van der Waals surface area contributed by atoms with Gasteiger partial charge in [0.2, 0.25) is 0 Å². The molecule has 0 aromatic heterocycles. The summed E-state index contributed by atoms with van der Waals surface area (Å²) in [6.07, 6.45) is -0.951. The minimum absolute atomic E-state index is 0.0267. The third kappa shape index (κ3) is 4.85. The van der Waals surface area contributed by atoms with E-state index in [0.29, 0.717) is 22.9 Å². The van der Waals surface area contributed by atoms with Crippen LogP contribution >= 0.6 is 11.6 Å². The van der Waals surface area contributed by atoms with E-state index < -0.39 is 24.1 Å². The summed E-state index contributed by atoms with van der Waals surface area (Å²) < 4.78 is 15.8. The molecule has 0 aliphatic carbocycles. The molecular formula is C17H20ClNO6. The Labute approximate surface area is 150 Å². The van der Waals surface area contributed by atoms with Crippen LogP contribution in [0.15, 0.2) is 18.2 Å². The normalized spacial score (nSPS) is 17.4. The molecule has 0 saturated carbocycles. The van der Waals surface area contributed by atoms with E-state index in [1.807, 2.05) is 6.92 Å². The van der Waals surface area contributed by atoms with Crippen LogP contribution in [0, 0.1) is 0 Å². The van der Waals surface area contributed by atoms with E-state index in [1.165, 1.54) is 18.7 Å². The molecule has 2 atom stereocenters. The second-order valence-electron chi connectivity index (χ2n) is 5.61. The lowest BCUT2D eigenvalue weighted by atomic mass is 10.1. The van der Waals surface area contributed by atoms with Crippen LogP contribution in [0.3, 0.4) is 0 Å². The average molecular weight is 370 g/mol. The fourth-order valence-corrected chi connectivity index (χ4v) is 2.68. The van der Waals surface area contributed by atoms with Gasteiger partial charge in [-0.3, -0.25) is 14.4 Å². The van der Waals surface area contributed by atoms with Crippen molar-refractivity contribution in [1.29, 1.82) is 0 Å². The molecule has 0 bridgehead atoms. The van der Waals surface area contributed by atoms with Crippen LogP contribution in [-0.2, 0) is 23.9 Å². The van der Waals surface area contributed by atoms with E-state index in [-0.39, 0.29) is 19.1 Å². The molecule has 1 aromatic rings. The highest BCUT2D eigenvalue weighted by Crippen LogP contribution is 2.37. The topological polar surface area (TPSA) is 82.1 Å². The molecule has 136 valence electrons. The Morgan fingerprint density at radius 2 is 2.04 bits per heavy atom. The van der Waals surface area contributed by atoms with Gasteiger partial charge in [-0.2, -0.15) is 0 Å². The number of hydrogen-bond donors (Lipinski definition) is 0. The highest BCUT2D eigenvalue weighted by molar-refractivity contribution is 6.31. The Bertz CT molecular complexity index is 677. The first kappa shape index (κ1) is 19.1. The van der Waals surface area contributed by atoms with Crippen LogP contribution in [0.2, 0.25) is 5.02 Å². The number of amides is 1. The van der Waals surface area contributed by atoms with Crippen LogP contribution in [0.4, 0.5) is 5.69 Å². The quantitative estimate of drug-likeness (QED) is 0.716. The van der Waals surface area contributed by atoms with Gasteiger partial charge in [-0.15, -0.1) is 0 Å². The summed E-state index contributed by atoms with van der Waals surface area (Å²) in [5, 5.41) is 0.444. The van der Waals surface area contributed by atoms with E-state index in [2.05, 4.69) is 0 Å². The number of nitrogens with zero attached hydrogens (tertiary/aromatic N) is 1. The zero-order valence-electron chi connectivity index (χ0n) is 14.3. The first-order valence-corrected chi connectivity index (χ1v) is 8.27. The molecule has 0 N–H and O–H groups in total. The smallest absolute Gasteiger partial charge is 0.303 e. The maximum Gasteiger partial charge on any atom is 0.303 e. The van der Waals surface area contributed by atoms with E-state index in [1.54, 1.807) is 18.2 Å². The van der Waals surface area contributed by atoms with Crippen molar-refractivity contribution in [2.45, 2.75) is 39.4 Å². The number of benzene rings is 1. The number of ether oxygens (including phenoxy) is 3. The van der Waals surface area contributed by atoms with Gasteiger partial charge in [-0.25, -0.2) is 0 Å². The molecule has 1 amide bonds. The number of fused-ring (bicyclic) bond motifs is 1. The second-order valence-corrected chi connectivity index (χ2v) is 6.05. The van der Waals surface area contributed by atoms with Crippen molar-refractivity contribution in [1.82, 2.24) is 0 Å². The summed E-state index contributed by atoms with van der Waals surface area (Å²) >= 11 is 6.04. The summed E-state index contributed by atoms with van der Waals surface area (Å²) in [4.78, 5) is 36.5. The van der Waals surface area contributed by atoms with Crippen molar-refractivity contribution in [2.24, 2.45) is 0 Å². The minimum Gasteiger partial charge on any atom is -0.478 e. The molecule has 8 heteroatoms. The van der Waals surface area contributed by atoms with Crippen molar-refractivity contribution in [3.05, 3.63) is 23.2 Å². The Morgan fingerprint density at radius 1 is 1.32 bits per heavy atom. The number of carbonyl (C=O) groups is 3. The fourth-order valence-electron chi connectivity index (χ4n) is 2.52. The van der Waals surface area contributed by atoms with Gasteiger partial charge in [0.15, 0.2) is 12.2 Å². The molecule has 0 fully saturated rings. The van der Waals surface area contributed by atoms with E-state index in [0.717, 1.165) is 0 Å². The highest BCUT2D eigenvalue weighted by Gasteiger charge is 2.35. The van der Waals surface area contributed by atoms with Gasteiger partial charge in [0, 0.05) is 18.9 Å². The lowest BCUT2D eigenvalue weighted by molar-refractivity contribution is -0.156. The molecule has 25 heavy (non-hydrogen) atoms. The van der Waals surface area contributed by atoms with Gasteiger partial charge >= 0.3 is 11.9 Å². The monoisotopic (exact) mass is 369 g/mol. The molecular weight excluding hydrogens is 350 g/mol. The summed E-state index contributed by atoms with van der Waals surface area (Å²) in [5.41, 5.74) is 0.488. The first-order valence-electron chi connectivity index (χ1n) is 7.90. The van der Waals surface area contributed by atoms with Crippen molar-refractivity contribution >= 4 is 35.1 Å². The van der Waals surface area contributed by atoms with E-state index >= 15 is 0 Å². The molecule has 2 rings (SSSR count). The summed E-state index contributed by atoms with van der Waals surface area (Å²) in [7, 11) is 0. The number of anilines is 1. The number of hydrogen-bond acceptors (Lipinski definition) is 6. The number of carbonyl (C=O) groups excluding carboxylic acids is 3. The summed E-state index contributed by atoms with van der Waals surface area (Å²) in [6.45, 7) is 4.23. The zero-order valence-corrected chi connectivity index (χ0v) is 15.0. The van der Waals surface area contributed by atoms with Crippen LogP contribution in [-0.4, -0.2) is 43.2 Å². The Hall–Kier alpha value is -2.28. The largest absolute Gasteiger partial charge is 0.478 e. The Morgan fingerprint density at radius 3 is 2.64 bits per heavy atom. The van der Waals surface area contributed by atoms with Gasteiger partial charge < -0.3 is 19.1 Å². The van der Waals surface area contributed by atoms with Crippen molar-refractivity contribution < 1.29 is 28.6 Å². The van der Waals surface area contributed by atoms with Gasteiger partial charge in [-0.1, -0.05) is 18.5 Å². The Balaban J connectivity index is 2.29. The molecule has 1 aliphatic heterocycles. The van der Waals surface area contributed by atoms with Crippen LogP contribution in [0.1, 0.15) is 27.2 Å². The van der Waals surface area contributed by atoms with Crippen LogP contribution < -0.4 is 9.64 Å². The third-order valence-electron chi connectivity index (χ3n) is 3.58. The first-order chi connectivity index (χ1) is 11.8. The second kappa shape index (κ2) is 8.20. The number of esters is 2. The van der Waals surface area contributed by atoms with Crippen LogP contribution in [0.5, 0.6) is 5.75 Å². The summed E-state index contributed by atoms with van der Waals surface area (Å²) in [6, 6.07) is 4.97. The lowest BCUT2D eigenvalue weighted by Gasteiger charge is -2.35. The predicted octanol–water partition coefficient (Wildman–Crippen LogP) is 2.34. The molecule has 1 aliphatic rings. The van der Waals surface area contributed by atoms with Crippen LogP contribution in [0.25, 0.3) is 0 Å². The predicted molar refractivity (Wildman–Crippen MR) is 90.7 cm³/mol. The van der Waals surface area contributed by atoms with Gasteiger partial charge in [0.25, 0.3) is 5.91 Å². The van der Waals surface area contributed by atoms with Gasteiger partial charge in [-0.05, 0) is 24.6 Å².